The predicted molar refractivity (Wildman–Crippen MR) is 105 cm³/mol. The Bertz CT molecular complexity index is 850. The summed E-state index contributed by atoms with van der Waals surface area (Å²) in [5.74, 6) is 1.28. The van der Waals surface area contributed by atoms with E-state index >= 15 is 0 Å². The van der Waals surface area contributed by atoms with Crippen LogP contribution < -0.4 is 23.7 Å². The van der Waals surface area contributed by atoms with Gasteiger partial charge in [-0.15, -0.1) is 0 Å². The second-order valence-electron chi connectivity index (χ2n) is 5.86. The molecule has 0 radical (unpaired) electrons. The molecule has 0 spiro atoms. The first-order chi connectivity index (χ1) is 14.0. The number of carbonyl (C=O) groups is 2. The van der Waals surface area contributed by atoms with E-state index < -0.39 is 12.6 Å². The van der Waals surface area contributed by atoms with Gasteiger partial charge in [0.15, 0.2) is 35.4 Å². The van der Waals surface area contributed by atoms with E-state index in [0.29, 0.717) is 39.9 Å². The summed E-state index contributed by atoms with van der Waals surface area (Å²) in [6, 6.07) is 8.03. The fourth-order valence-corrected chi connectivity index (χ4v) is 2.69. The molecule has 0 aliphatic rings. The van der Waals surface area contributed by atoms with E-state index in [4.69, 9.17) is 28.4 Å². The molecular weight excluding hydrogens is 380 g/mol. The molecule has 156 valence electrons. The largest absolute Gasteiger partial charge is 0.493 e. The Balaban J connectivity index is 2.04. The van der Waals surface area contributed by atoms with E-state index in [0.717, 1.165) is 0 Å². The summed E-state index contributed by atoms with van der Waals surface area (Å²) in [5.41, 5.74) is 0.950. The first-order valence-electron chi connectivity index (χ1n) is 8.67. The van der Waals surface area contributed by atoms with Crippen LogP contribution in [0.15, 0.2) is 30.3 Å². The number of Topliss-reactive ketones (excluding diaryl/α,β-unsaturated/α-hetero) is 1. The zero-order valence-corrected chi connectivity index (χ0v) is 17.1. The third kappa shape index (κ3) is 5.31. The fraction of sp³-hybridized carbons (Fsp3) is 0.333. The van der Waals surface area contributed by atoms with E-state index in [-0.39, 0.29) is 12.2 Å². The smallest absolute Gasteiger partial charge is 0.310 e. The lowest BCUT2D eigenvalue weighted by Crippen LogP contribution is -2.16. The fourth-order valence-electron chi connectivity index (χ4n) is 2.69. The van der Waals surface area contributed by atoms with Crippen molar-refractivity contribution in [2.24, 2.45) is 0 Å². The first-order valence-corrected chi connectivity index (χ1v) is 8.67. The lowest BCUT2D eigenvalue weighted by atomic mass is 10.1. The molecule has 0 bridgehead atoms. The van der Waals surface area contributed by atoms with Crippen molar-refractivity contribution in [3.8, 4) is 28.7 Å². The maximum absolute atomic E-state index is 12.3. The van der Waals surface area contributed by atoms with Crippen LogP contribution in [-0.4, -0.2) is 53.9 Å². The molecule has 0 N–H and O–H groups in total. The van der Waals surface area contributed by atoms with Crippen molar-refractivity contribution >= 4 is 11.8 Å². The molecule has 2 aromatic carbocycles. The average molecular weight is 404 g/mol. The Hall–Kier alpha value is -3.42. The molecular formula is C21H24O8. The van der Waals surface area contributed by atoms with Gasteiger partial charge < -0.3 is 28.4 Å². The number of ether oxygens (including phenoxy) is 6. The van der Waals surface area contributed by atoms with Crippen LogP contribution >= 0.6 is 0 Å². The number of methoxy groups -OCH3 is 5. The van der Waals surface area contributed by atoms with Crippen molar-refractivity contribution in [2.45, 2.75) is 6.42 Å². The zero-order chi connectivity index (χ0) is 21.4. The summed E-state index contributed by atoms with van der Waals surface area (Å²) in [4.78, 5) is 24.5. The highest BCUT2D eigenvalue weighted by Crippen LogP contribution is 2.38. The highest BCUT2D eigenvalue weighted by molar-refractivity contribution is 5.98. The van der Waals surface area contributed by atoms with Crippen LogP contribution in [0.5, 0.6) is 28.7 Å². The number of rotatable bonds is 10. The molecule has 0 aliphatic carbocycles. The Kier molecular flexibility index (Phi) is 7.70. The number of carbonyl (C=O) groups excluding carboxylic acids is 2. The Labute approximate surface area is 169 Å². The molecule has 0 heterocycles. The van der Waals surface area contributed by atoms with Crippen LogP contribution in [0.25, 0.3) is 0 Å². The molecule has 0 aliphatic heterocycles. The van der Waals surface area contributed by atoms with Gasteiger partial charge in [0.1, 0.15) is 0 Å². The Morgan fingerprint density at radius 1 is 0.724 bits per heavy atom. The van der Waals surface area contributed by atoms with Crippen LogP contribution in [0, 0.1) is 0 Å². The maximum Gasteiger partial charge on any atom is 0.310 e. The van der Waals surface area contributed by atoms with Gasteiger partial charge in [0, 0.05) is 5.56 Å². The second-order valence-corrected chi connectivity index (χ2v) is 5.86. The van der Waals surface area contributed by atoms with Crippen molar-refractivity contribution in [3.63, 3.8) is 0 Å². The van der Waals surface area contributed by atoms with Gasteiger partial charge in [-0.05, 0) is 35.9 Å². The van der Waals surface area contributed by atoms with E-state index in [9.17, 15) is 9.59 Å². The summed E-state index contributed by atoms with van der Waals surface area (Å²) in [6.07, 6.45) is -0.0596. The molecule has 0 saturated heterocycles. The third-order valence-electron chi connectivity index (χ3n) is 4.14. The lowest BCUT2D eigenvalue weighted by molar-refractivity contribution is -0.141. The minimum absolute atomic E-state index is 0.0596. The van der Waals surface area contributed by atoms with Gasteiger partial charge in [-0.3, -0.25) is 9.59 Å². The van der Waals surface area contributed by atoms with Crippen molar-refractivity contribution in [2.75, 3.05) is 42.2 Å². The summed E-state index contributed by atoms with van der Waals surface area (Å²) in [5, 5.41) is 0. The van der Waals surface area contributed by atoms with Gasteiger partial charge in [0.05, 0.1) is 42.0 Å². The Morgan fingerprint density at radius 3 is 1.83 bits per heavy atom. The lowest BCUT2D eigenvalue weighted by Gasteiger charge is -2.14. The molecule has 29 heavy (non-hydrogen) atoms. The standard InChI is InChI=1S/C21H24O8/c1-24-16-7-6-14(11-17(16)25-2)15(22)12-29-20(23)10-13-8-18(26-3)21(28-5)19(9-13)27-4/h6-9,11H,10,12H2,1-5H3. The molecule has 0 unspecified atom stereocenters. The zero-order valence-electron chi connectivity index (χ0n) is 17.1. The summed E-state index contributed by atoms with van der Waals surface area (Å²) >= 11 is 0. The molecule has 2 aromatic rings. The number of esters is 1. The second kappa shape index (κ2) is 10.2. The third-order valence-corrected chi connectivity index (χ3v) is 4.14. The molecule has 0 saturated carbocycles. The van der Waals surface area contributed by atoms with E-state index in [1.54, 1.807) is 24.3 Å². The maximum atomic E-state index is 12.3. The van der Waals surface area contributed by atoms with Crippen LogP contribution in [0.3, 0.4) is 0 Å². The molecule has 0 aromatic heterocycles. The van der Waals surface area contributed by atoms with E-state index in [1.807, 2.05) is 0 Å². The molecule has 0 amide bonds. The quantitative estimate of drug-likeness (QED) is 0.441. The monoisotopic (exact) mass is 404 g/mol. The SMILES string of the molecule is COc1ccc(C(=O)COC(=O)Cc2cc(OC)c(OC)c(OC)c2)cc1OC. The highest BCUT2D eigenvalue weighted by Gasteiger charge is 2.17. The predicted octanol–water partition coefficient (Wildman–Crippen LogP) is 2.70. The molecule has 8 nitrogen and oxygen atoms in total. The number of ketones is 1. The van der Waals surface area contributed by atoms with Crippen molar-refractivity contribution < 1.29 is 38.0 Å². The average Bonchev–Trinajstić information content (AvgIpc) is 2.75. The molecule has 8 heteroatoms. The van der Waals surface area contributed by atoms with Gasteiger partial charge in [0.2, 0.25) is 5.75 Å². The van der Waals surface area contributed by atoms with E-state index in [2.05, 4.69) is 0 Å². The van der Waals surface area contributed by atoms with Crippen LogP contribution in [0.2, 0.25) is 0 Å². The van der Waals surface area contributed by atoms with Gasteiger partial charge in [-0.2, -0.15) is 0 Å². The van der Waals surface area contributed by atoms with Crippen LogP contribution in [0.1, 0.15) is 15.9 Å². The summed E-state index contributed by atoms with van der Waals surface area (Å²) in [6.45, 7) is -0.390. The molecule has 2 rings (SSSR count). The minimum atomic E-state index is -0.562. The molecule has 0 fully saturated rings. The number of hydrogen-bond donors (Lipinski definition) is 0. The van der Waals surface area contributed by atoms with Crippen molar-refractivity contribution in [1.82, 2.24) is 0 Å². The topological polar surface area (TPSA) is 89.5 Å². The minimum Gasteiger partial charge on any atom is -0.493 e. The van der Waals surface area contributed by atoms with Gasteiger partial charge >= 0.3 is 5.97 Å². The summed E-state index contributed by atoms with van der Waals surface area (Å²) < 4.78 is 31.2. The normalized spacial score (nSPS) is 10.1. The van der Waals surface area contributed by atoms with E-state index in [1.165, 1.54) is 41.6 Å². The van der Waals surface area contributed by atoms with Crippen molar-refractivity contribution in [3.05, 3.63) is 41.5 Å². The highest BCUT2D eigenvalue weighted by atomic mass is 16.5. The molecule has 0 atom stereocenters. The van der Waals surface area contributed by atoms with Crippen LogP contribution in [0.4, 0.5) is 0 Å². The van der Waals surface area contributed by atoms with Gasteiger partial charge in [-0.1, -0.05) is 0 Å². The summed E-state index contributed by atoms with van der Waals surface area (Å²) in [7, 11) is 7.45. The van der Waals surface area contributed by atoms with Gasteiger partial charge in [0.25, 0.3) is 0 Å². The number of hydrogen-bond acceptors (Lipinski definition) is 8. The Morgan fingerprint density at radius 2 is 1.31 bits per heavy atom. The van der Waals surface area contributed by atoms with Gasteiger partial charge in [-0.25, -0.2) is 0 Å². The van der Waals surface area contributed by atoms with Crippen molar-refractivity contribution in [1.29, 1.82) is 0 Å². The number of benzene rings is 2. The van der Waals surface area contributed by atoms with Crippen LogP contribution in [-0.2, 0) is 16.0 Å². The first kappa shape index (κ1) is 21.9.